The van der Waals surface area contributed by atoms with E-state index in [0.29, 0.717) is 16.9 Å². The Balaban J connectivity index is 1.76. The fraction of sp³-hybridized carbons (Fsp3) is 0.0500. The smallest absolute Gasteiger partial charge is 0.261 e. The molecule has 0 aliphatic heterocycles. The largest absolute Gasteiger partial charge is 0.322 e. The number of anilines is 2. The number of hydrogen-bond acceptors (Lipinski definition) is 3. The van der Waals surface area contributed by atoms with Crippen LogP contribution in [0.4, 0.5) is 15.8 Å². The molecule has 0 saturated heterocycles. The molecular weight excluding hydrogens is 447 g/mol. The highest BCUT2D eigenvalue weighted by Gasteiger charge is 2.16. The van der Waals surface area contributed by atoms with Crippen LogP contribution in [0.5, 0.6) is 0 Å². The quantitative estimate of drug-likeness (QED) is 0.563. The molecule has 0 unspecified atom stereocenters. The van der Waals surface area contributed by atoms with E-state index in [-0.39, 0.29) is 14.9 Å². The molecule has 0 radical (unpaired) electrons. The van der Waals surface area contributed by atoms with E-state index in [1.54, 1.807) is 37.3 Å². The molecule has 144 valence electrons. The third kappa shape index (κ3) is 4.58. The minimum Gasteiger partial charge on any atom is -0.322 e. The minimum atomic E-state index is -3.75. The van der Waals surface area contributed by atoms with Crippen LogP contribution in [0.3, 0.4) is 0 Å². The zero-order valence-electron chi connectivity index (χ0n) is 14.7. The van der Waals surface area contributed by atoms with Gasteiger partial charge in [-0.05, 0) is 76.9 Å². The maximum atomic E-state index is 13.7. The molecule has 0 aromatic heterocycles. The molecule has 0 fully saturated rings. The molecule has 0 saturated carbocycles. The molecule has 1 amide bonds. The van der Waals surface area contributed by atoms with Crippen LogP contribution in [0.25, 0.3) is 0 Å². The number of benzene rings is 3. The van der Waals surface area contributed by atoms with Crippen molar-refractivity contribution in [1.82, 2.24) is 0 Å². The first-order valence-corrected chi connectivity index (χ1v) is 10.5. The Labute approximate surface area is 170 Å². The summed E-state index contributed by atoms with van der Waals surface area (Å²) in [6.45, 7) is 1.70. The second-order valence-electron chi connectivity index (χ2n) is 6.03. The molecule has 0 heterocycles. The van der Waals surface area contributed by atoms with E-state index >= 15 is 0 Å². The van der Waals surface area contributed by atoms with E-state index < -0.39 is 21.7 Å². The Morgan fingerprint density at radius 1 is 0.964 bits per heavy atom. The molecule has 0 aliphatic carbocycles. The molecule has 3 aromatic rings. The summed E-state index contributed by atoms with van der Waals surface area (Å²) in [4.78, 5) is 12.5. The van der Waals surface area contributed by atoms with Gasteiger partial charge in [0.1, 0.15) is 5.82 Å². The van der Waals surface area contributed by atoms with Gasteiger partial charge in [0.25, 0.3) is 15.9 Å². The summed E-state index contributed by atoms with van der Waals surface area (Å²) in [7, 11) is -3.75. The molecule has 3 rings (SSSR count). The lowest BCUT2D eigenvalue weighted by Gasteiger charge is -2.11. The van der Waals surface area contributed by atoms with Crippen LogP contribution in [-0.2, 0) is 10.0 Å². The van der Waals surface area contributed by atoms with Crippen molar-refractivity contribution in [2.45, 2.75) is 11.8 Å². The van der Waals surface area contributed by atoms with Crippen molar-refractivity contribution in [2.24, 2.45) is 0 Å². The lowest BCUT2D eigenvalue weighted by atomic mass is 10.1. The van der Waals surface area contributed by atoms with Crippen molar-refractivity contribution in [3.8, 4) is 0 Å². The number of halogens is 2. The van der Waals surface area contributed by atoms with Gasteiger partial charge in [-0.15, -0.1) is 0 Å². The van der Waals surface area contributed by atoms with Crippen LogP contribution >= 0.6 is 15.9 Å². The molecular formula is C20H16BrFN2O3S. The Morgan fingerprint density at radius 3 is 2.25 bits per heavy atom. The lowest BCUT2D eigenvalue weighted by molar-refractivity contribution is 0.102. The minimum absolute atomic E-state index is 0.0558. The maximum Gasteiger partial charge on any atom is 0.261 e. The summed E-state index contributed by atoms with van der Waals surface area (Å²) in [5.41, 5.74) is 1.65. The molecule has 0 atom stereocenters. The molecule has 3 aromatic carbocycles. The third-order valence-electron chi connectivity index (χ3n) is 3.96. The van der Waals surface area contributed by atoms with Gasteiger partial charge < -0.3 is 5.32 Å². The van der Waals surface area contributed by atoms with Gasteiger partial charge in [0.2, 0.25) is 0 Å². The fourth-order valence-corrected chi connectivity index (χ4v) is 4.04. The number of carbonyl (C=O) groups is 1. The van der Waals surface area contributed by atoms with Crippen LogP contribution in [0.2, 0.25) is 0 Å². The fourth-order valence-electron chi connectivity index (χ4n) is 2.53. The van der Waals surface area contributed by atoms with Gasteiger partial charge in [-0.25, -0.2) is 12.8 Å². The van der Waals surface area contributed by atoms with Crippen molar-refractivity contribution in [1.29, 1.82) is 0 Å². The molecule has 0 spiro atoms. The zero-order chi connectivity index (χ0) is 20.3. The van der Waals surface area contributed by atoms with Crippen LogP contribution in [0.1, 0.15) is 15.9 Å². The second kappa shape index (κ2) is 8.12. The number of para-hydroxylation sites is 1. The Bertz CT molecular complexity index is 1120. The van der Waals surface area contributed by atoms with Crippen molar-refractivity contribution < 1.29 is 17.6 Å². The number of hydrogen-bond donors (Lipinski definition) is 2. The van der Waals surface area contributed by atoms with Gasteiger partial charge in [-0.2, -0.15) is 0 Å². The second-order valence-corrected chi connectivity index (χ2v) is 8.57. The Morgan fingerprint density at radius 2 is 1.61 bits per heavy atom. The Kier molecular flexibility index (Phi) is 5.81. The number of carbonyl (C=O) groups excluding carboxylic acids is 1. The van der Waals surface area contributed by atoms with E-state index in [4.69, 9.17) is 0 Å². The van der Waals surface area contributed by atoms with Crippen molar-refractivity contribution in [3.63, 3.8) is 0 Å². The predicted molar refractivity (Wildman–Crippen MR) is 110 cm³/mol. The standard InChI is InChI=1S/C20H16BrFN2O3S/c1-13-11-18(21)19(22)12-17(13)20(25)23-14-7-9-16(10-8-14)28(26,27)24-15-5-3-2-4-6-15/h2-12,24H,1H3,(H,23,25). The van der Waals surface area contributed by atoms with Crippen LogP contribution in [-0.4, -0.2) is 14.3 Å². The van der Waals surface area contributed by atoms with Crippen molar-refractivity contribution in [3.05, 3.63) is 88.1 Å². The van der Waals surface area contributed by atoms with Crippen LogP contribution in [0.15, 0.2) is 76.1 Å². The number of amides is 1. The topological polar surface area (TPSA) is 75.3 Å². The average molecular weight is 463 g/mol. The van der Waals surface area contributed by atoms with Crippen molar-refractivity contribution >= 4 is 43.2 Å². The van der Waals surface area contributed by atoms with Gasteiger partial charge in [-0.3, -0.25) is 9.52 Å². The Hall–Kier alpha value is -2.71. The van der Waals surface area contributed by atoms with Gasteiger partial charge in [0.15, 0.2) is 0 Å². The van der Waals surface area contributed by atoms with E-state index in [1.807, 2.05) is 0 Å². The zero-order valence-corrected chi connectivity index (χ0v) is 17.1. The van der Waals surface area contributed by atoms with E-state index in [2.05, 4.69) is 26.0 Å². The number of aryl methyl sites for hydroxylation is 1. The molecule has 8 heteroatoms. The molecule has 2 N–H and O–H groups in total. The van der Waals surface area contributed by atoms with Crippen molar-refractivity contribution in [2.75, 3.05) is 10.0 Å². The highest BCUT2D eigenvalue weighted by atomic mass is 79.9. The van der Waals surface area contributed by atoms with Gasteiger partial charge >= 0.3 is 0 Å². The van der Waals surface area contributed by atoms with E-state index in [0.717, 1.165) is 6.07 Å². The molecule has 0 aliphatic rings. The SMILES string of the molecule is Cc1cc(Br)c(F)cc1C(=O)Nc1ccc(S(=O)(=O)Nc2ccccc2)cc1. The summed E-state index contributed by atoms with van der Waals surface area (Å²) < 4.78 is 41.3. The third-order valence-corrected chi connectivity index (χ3v) is 5.97. The summed E-state index contributed by atoms with van der Waals surface area (Å²) in [6.07, 6.45) is 0. The van der Waals surface area contributed by atoms with E-state index in [9.17, 15) is 17.6 Å². The predicted octanol–water partition coefficient (Wildman–Crippen LogP) is 4.95. The van der Waals surface area contributed by atoms with Gasteiger partial charge in [-0.1, -0.05) is 18.2 Å². The normalized spacial score (nSPS) is 11.1. The highest BCUT2D eigenvalue weighted by Crippen LogP contribution is 2.22. The van der Waals surface area contributed by atoms with Crippen LogP contribution in [0, 0.1) is 12.7 Å². The summed E-state index contributed by atoms with van der Waals surface area (Å²) in [5, 5.41) is 2.64. The van der Waals surface area contributed by atoms with Gasteiger partial charge in [0, 0.05) is 16.9 Å². The first-order valence-electron chi connectivity index (χ1n) is 8.21. The highest BCUT2D eigenvalue weighted by molar-refractivity contribution is 9.10. The first kappa shape index (κ1) is 20.0. The van der Waals surface area contributed by atoms with E-state index in [1.165, 1.54) is 30.3 Å². The van der Waals surface area contributed by atoms with Crippen LogP contribution < -0.4 is 10.0 Å². The monoisotopic (exact) mass is 462 g/mol. The van der Waals surface area contributed by atoms with Gasteiger partial charge in [0.05, 0.1) is 9.37 Å². The average Bonchev–Trinajstić information content (AvgIpc) is 2.65. The molecule has 5 nitrogen and oxygen atoms in total. The molecule has 0 bridgehead atoms. The summed E-state index contributed by atoms with van der Waals surface area (Å²) >= 11 is 3.08. The molecule has 28 heavy (non-hydrogen) atoms. The lowest BCUT2D eigenvalue weighted by Crippen LogP contribution is -2.15. The summed E-state index contributed by atoms with van der Waals surface area (Å²) in [6, 6.07) is 16.9. The number of nitrogens with one attached hydrogen (secondary N) is 2. The number of sulfonamides is 1. The summed E-state index contributed by atoms with van der Waals surface area (Å²) in [5.74, 6) is -1.02. The number of rotatable bonds is 5. The maximum absolute atomic E-state index is 13.7. The first-order chi connectivity index (χ1) is 13.3.